The fraction of sp³-hybridized carbons (Fsp3) is 0.0217. The van der Waals surface area contributed by atoms with Crippen LogP contribution < -0.4 is 0 Å². The third-order valence-corrected chi connectivity index (χ3v) is 11.2. The molecule has 0 fully saturated rings. The molecule has 2 heterocycles. The highest BCUT2D eigenvalue weighted by Crippen LogP contribution is 2.55. The quantitative estimate of drug-likeness (QED) is 0.185. The summed E-state index contributed by atoms with van der Waals surface area (Å²) < 4.78 is 2.49. The molecule has 3 nitrogen and oxygen atoms in total. The Morgan fingerprint density at radius 2 is 0.900 bits per heavy atom. The molecule has 1 aliphatic rings. The van der Waals surface area contributed by atoms with E-state index in [9.17, 15) is 0 Å². The van der Waals surface area contributed by atoms with E-state index in [1.165, 1.54) is 53.6 Å². The number of fused-ring (bicyclic) bond motifs is 6. The van der Waals surface area contributed by atoms with Crippen molar-refractivity contribution < 1.29 is 0 Å². The second kappa shape index (κ2) is 11.4. The summed E-state index contributed by atoms with van der Waals surface area (Å²) in [6, 6.07) is 62.5. The second-order valence-corrected chi connectivity index (χ2v) is 13.8. The van der Waals surface area contributed by atoms with Gasteiger partial charge in [-0.25, -0.2) is 15.0 Å². The highest BCUT2D eigenvalue weighted by atomic mass is 32.1. The number of rotatable bonds is 5. The van der Waals surface area contributed by atoms with Crippen LogP contribution in [0.1, 0.15) is 22.5 Å². The van der Waals surface area contributed by atoms with Gasteiger partial charge in [0.15, 0.2) is 17.5 Å². The van der Waals surface area contributed by atoms with E-state index in [-0.39, 0.29) is 0 Å². The normalized spacial score (nSPS) is 13.0. The first-order valence-electron chi connectivity index (χ1n) is 16.9. The van der Waals surface area contributed by atoms with E-state index < -0.39 is 5.41 Å². The van der Waals surface area contributed by atoms with Crippen LogP contribution >= 0.6 is 11.3 Å². The molecule has 1 aliphatic carbocycles. The largest absolute Gasteiger partial charge is 0.211 e. The van der Waals surface area contributed by atoms with E-state index in [4.69, 9.17) is 15.0 Å². The van der Waals surface area contributed by atoms with Crippen LogP contribution in [-0.2, 0) is 5.41 Å². The zero-order chi connectivity index (χ0) is 33.1. The molecule has 0 N–H and O–H groups in total. The van der Waals surface area contributed by atoms with Gasteiger partial charge in [-0.2, -0.15) is 0 Å². The fourth-order valence-corrected chi connectivity index (χ4v) is 8.86. The molecule has 0 amide bonds. The molecular weight excluding hydrogens is 627 g/mol. The van der Waals surface area contributed by atoms with Gasteiger partial charge in [0.2, 0.25) is 0 Å². The number of hydrogen-bond acceptors (Lipinski definition) is 4. The van der Waals surface area contributed by atoms with Crippen LogP contribution in [0.3, 0.4) is 0 Å². The van der Waals surface area contributed by atoms with Gasteiger partial charge >= 0.3 is 0 Å². The van der Waals surface area contributed by atoms with Gasteiger partial charge in [0.25, 0.3) is 0 Å². The van der Waals surface area contributed by atoms with Crippen molar-refractivity contribution >= 4 is 31.5 Å². The van der Waals surface area contributed by atoms with Crippen LogP contribution in [0, 0.1) is 0 Å². The molecule has 0 bridgehead atoms. The Morgan fingerprint density at radius 3 is 1.60 bits per heavy atom. The Morgan fingerprint density at radius 1 is 0.380 bits per heavy atom. The van der Waals surface area contributed by atoms with Gasteiger partial charge < -0.3 is 0 Å². The average molecular weight is 656 g/mol. The van der Waals surface area contributed by atoms with Crippen LogP contribution in [0.5, 0.6) is 0 Å². The molecule has 0 spiro atoms. The van der Waals surface area contributed by atoms with Gasteiger partial charge in [-0.15, -0.1) is 11.3 Å². The number of thiophene rings is 1. The van der Waals surface area contributed by atoms with E-state index in [1.807, 2.05) is 18.2 Å². The predicted molar refractivity (Wildman–Crippen MR) is 206 cm³/mol. The van der Waals surface area contributed by atoms with Crippen LogP contribution in [0.25, 0.3) is 65.2 Å². The van der Waals surface area contributed by atoms with Crippen molar-refractivity contribution in [2.45, 2.75) is 5.41 Å². The Bertz CT molecular complexity index is 2650. The van der Waals surface area contributed by atoms with E-state index in [1.54, 1.807) is 11.3 Å². The molecule has 0 saturated heterocycles. The third kappa shape index (κ3) is 4.39. The van der Waals surface area contributed by atoms with Crippen LogP contribution in [0.15, 0.2) is 176 Å². The molecule has 0 unspecified atom stereocenters. The summed E-state index contributed by atoms with van der Waals surface area (Å²) in [4.78, 5) is 16.1. The Balaban J connectivity index is 1.27. The summed E-state index contributed by atoms with van der Waals surface area (Å²) >= 11 is 1.81. The zero-order valence-electron chi connectivity index (χ0n) is 27.0. The molecule has 7 aromatic carbocycles. The molecule has 0 saturated carbocycles. The maximum atomic E-state index is 5.48. The molecule has 0 radical (unpaired) electrons. The summed E-state index contributed by atoms with van der Waals surface area (Å²) in [5.41, 5.74) is 9.36. The summed E-state index contributed by atoms with van der Waals surface area (Å²) in [6.07, 6.45) is 0. The van der Waals surface area contributed by atoms with Crippen molar-refractivity contribution in [1.29, 1.82) is 0 Å². The average Bonchev–Trinajstić information content (AvgIpc) is 3.72. The second-order valence-electron chi connectivity index (χ2n) is 12.8. The molecule has 0 atom stereocenters. The predicted octanol–water partition coefficient (Wildman–Crippen LogP) is 11.6. The summed E-state index contributed by atoms with van der Waals surface area (Å²) in [5, 5.41) is 2.53. The fourth-order valence-electron chi connectivity index (χ4n) is 7.71. The van der Waals surface area contributed by atoms with Crippen molar-refractivity contribution in [3.8, 4) is 45.0 Å². The van der Waals surface area contributed by atoms with Gasteiger partial charge in [0, 0.05) is 31.3 Å². The summed E-state index contributed by atoms with van der Waals surface area (Å²) in [6.45, 7) is 0. The number of nitrogens with zero attached hydrogens (tertiary/aromatic N) is 3. The van der Waals surface area contributed by atoms with Crippen LogP contribution in [0.4, 0.5) is 0 Å². The van der Waals surface area contributed by atoms with Gasteiger partial charge in [0.05, 0.1) is 0 Å². The lowest BCUT2D eigenvalue weighted by Crippen LogP contribution is -2.31. The topological polar surface area (TPSA) is 38.7 Å². The molecular formula is C46H29N3S. The summed E-state index contributed by atoms with van der Waals surface area (Å²) in [5.74, 6) is 2.03. The molecule has 234 valence electrons. The molecule has 0 aliphatic heterocycles. The Hall–Kier alpha value is -6.23. The monoisotopic (exact) mass is 655 g/mol. The van der Waals surface area contributed by atoms with Crippen molar-refractivity contribution in [3.05, 3.63) is 198 Å². The van der Waals surface area contributed by atoms with Crippen LogP contribution in [-0.4, -0.2) is 15.0 Å². The van der Waals surface area contributed by atoms with Gasteiger partial charge in [-0.1, -0.05) is 164 Å². The summed E-state index contributed by atoms with van der Waals surface area (Å²) in [7, 11) is 0. The zero-order valence-corrected chi connectivity index (χ0v) is 27.8. The van der Waals surface area contributed by atoms with E-state index >= 15 is 0 Å². The van der Waals surface area contributed by atoms with E-state index in [2.05, 4.69) is 158 Å². The van der Waals surface area contributed by atoms with E-state index in [0.717, 1.165) is 16.7 Å². The van der Waals surface area contributed by atoms with Gasteiger partial charge in [-0.05, 0) is 51.1 Å². The minimum absolute atomic E-state index is 0.657. The lowest BCUT2D eigenvalue weighted by Gasteiger charge is -2.32. The van der Waals surface area contributed by atoms with Crippen LogP contribution in [0.2, 0.25) is 0 Å². The smallest absolute Gasteiger partial charge is 0.163 e. The number of aromatic nitrogens is 3. The highest BCUT2D eigenvalue weighted by Gasteiger charge is 2.48. The van der Waals surface area contributed by atoms with Crippen molar-refractivity contribution in [2.75, 3.05) is 0 Å². The van der Waals surface area contributed by atoms with Crippen molar-refractivity contribution in [3.63, 3.8) is 0 Å². The molecule has 9 aromatic rings. The maximum absolute atomic E-state index is 5.48. The highest BCUT2D eigenvalue weighted by molar-refractivity contribution is 7.25. The Kier molecular flexibility index (Phi) is 6.58. The molecule has 2 aromatic heterocycles. The maximum Gasteiger partial charge on any atom is 0.163 e. The van der Waals surface area contributed by atoms with E-state index in [0.29, 0.717) is 17.5 Å². The molecule has 50 heavy (non-hydrogen) atoms. The first-order chi connectivity index (χ1) is 24.8. The number of hydrogen-bond donors (Lipinski definition) is 0. The number of benzene rings is 7. The standard InChI is InChI=1S/C46H29N3S/c1-3-13-30(14-4-1)31-23-26-34(27-24-31)46(39-20-10-7-17-35(39)36-18-8-11-21-40(36)46)45-48-43(32-15-5-2-6-16-32)47-44(49-45)33-25-28-38-37-19-9-12-22-41(37)50-42(38)29-33/h1-29H. The van der Waals surface area contributed by atoms with Crippen molar-refractivity contribution in [2.24, 2.45) is 0 Å². The lowest BCUT2D eigenvalue weighted by molar-refractivity contribution is 0.692. The first kappa shape index (κ1) is 28.8. The molecule has 4 heteroatoms. The molecule has 10 rings (SSSR count). The first-order valence-corrected chi connectivity index (χ1v) is 17.7. The van der Waals surface area contributed by atoms with Crippen molar-refractivity contribution in [1.82, 2.24) is 15.0 Å². The Labute approximate surface area is 294 Å². The lowest BCUT2D eigenvalue weighted by atomic mass is 9.71. The minimum atomic E-state index is -0.772. The van der Waals surface area contributed by atoms with Gasteiger partial charge in [0.1, 0.15) is 5.41 Å². The minimum Gasteiger partial charge on any atom is -0.211 e. The third-order valence-electron chi connectivity index (χ3n) is 10.0. The SMILES string of the molecule is c1ccc(-c2ccc(C3(c4nc(-c5ccccc5)nc(-c5ccc6c(c5)sc5ccccc56)n4)c4ccccc4-c4ccccc43)cc2)cc1. The van der Waals surface area contributed by atoms with Gasteiger partial charge in [-0.3, -0.25) is 0 Å².